The smallest absolute Gasteiger partial charge is 0.308 e. The average Bonchev–Trinajstić information content (AvgIpc) is 3.15. The van der Waals surface area contributed by atoms with E-state index in [0.29, 0.717) is 13.2 Å². The molecule has 0 aromatic carbocycles. The highest BCUT2D eigenvalue weighted by molar-refractivity contribution is 8.04. The number of aryl methyl sites for hydroxylation is 1. The molecule has 0 amide bonds. The van der Waals surface area contributed by atoms with Crippen LogP contribution in [-0.4, -0.2) is 33.6 Å². The van der Waals surface area contributed by atoms with Gasteiger partial charge in [-0.15, -0.1) is 11.8 Å². The maximum Gasteiger partial charge on any atom is 0.349 e. The Bertz CT molecular complexity index is 758. The van der Waals surface area contributed by atoms with Crippen LogP contribution in [0, 0.1) is 0 Å². The Labute approximate surface area is 173 Å². The molecule has 6 nitrogen and oxygen atoms in total. The zero-order valence-corrected chi connectivity index (χ0v) is 19.3. The summed E-state index contributed by atoms with van der Waals surface area (Å²) in [4.78, 5) is 4.30. The fourth-order valence-corrected chi connectivity index (χ4v) is 6.99. The van der Waals surface area contributed by atoms with E-state index < -0.39 is 12.6 Å². The van der Waals surface area contributed by atoms with Gasteiger partial charge < -0.3 is 9.05 Å². The highest BCUT2D eigenvalue weighted by Crippen LogP contribution is 2.65. The molecule has 28 heavy (non-hydrogen) atoms. The van der Waals surface area contributed by atoms with Crippen LogP contribution in [0.2, 0.25) is 0 Å². The predicted octanol–water partition coefficient (Wildman–Crippen LogP) is 6.26. The van der Waals surface area contributed by atoms with Crippen LogP contribution in [0.4, 0.5) is 0 Å². The monoisotopic (exact) mass is 427 g/mol. The van der Waals surface area contributed by atoms with Crippen LogP contribution in [0.5, 0.6) is 0 Å². The second-order valence-corrected chi connectivity index (χ2v) is 10.4. The average molecular weight is 428 g/mol. The standard InChI is InChI=1S/C20H34N3O3PS/c1-5-9-11-15-28-20(27(24,25-7-3)26-8-4)18-16-17(12-10-6-2)22-19-13-14-21-23(18)19/h13-14,16,20H,5-12,15H2,1-4H3. The van der Waals surface area contributed by atoms with Crippen LogP contribution in [0.15, 0.2) is 18.3 Å². The molecule has 1 atom stereocenters. The Balaban J connectivity index is 2.48. The molecule has 0 fully saturated rings. The largest absolute Gasteiger partial charge is 0.349 e. The highest BCUT2D eigenvalue weighted by atomic mass is 32.2. The molecule has 158 valence electrons. The van der Waals surface area contributed by atoms with Gasteiger partial charge in [0.2, 0.25) is 0 Å². The molecule has 0 N–H and O–H groups in total. The fourth-order valence-electron chi connectivity index (χ4n) is 3.07. The summed E-state index contributed by atoms with van der Waals surface area (Å²) >= 11 is 1.65. The number of fused-ring (bicyclic) bond motifs is 1. The molecule has 0 aliphatic carbocycles. The van der Waals surface area contributed by atoms with Gasteiger partial charge in [0.05, 0.1) is 25.1 Å². The Kier molecular flexibility index (Phi) is 10.00. The van der Waals surface area contributed by atoms with Crippen LogP contribution in [0.1, 0.15) is 76.2 Å². The van der Waals surface area contributed by atoms with E-state index in [1.165, 1.54) is 0 Å². The predicted molar refractivity (Wildman–Crippen MR) is 117 cm³/mol. The lowest BCUT2D eigenvalue weighted by atomic mass is 10.2. The summed E-state index contributed by atoms with van der Waals surface area (Å²) in [6.07, 6.45) is 8.19. The molecule has 0 spiro atoms. The van der Waals surface area contributed by atoms with Crippen molar-refractivity contribution in [3.63, 3.8) is 0 Å². The summed E-state index contributed by atoms with van der Waals surface area (Å²) in [7, 11) is -3.35. The summed E-state index contributed by atoms with van der Waals surface area (Å²) in [6, 6.07) is 3.93. The third-order valence-electron chi connectivity index (χ3n) is 4.41. The SMILES string of the molecule is CCCCCSC(c1cc(CCCC)nc2ccnn12)P(=O)(OCC)OCC. The van der Waals surface area contributed by atoms with E-state index in [0.717, 1.165) is 61.3 Å². The molecule has 2 aromatic heterocycles. The number of aromatic nitrogens is 3. The molecular weight excluding hydrogens is 393 g/mol. The summed E-state index contributed by atoms with van der Waals surface area (Å²) in [5.74, 6) is 0.901. The first-order valence-electron chi connectivity index (χ1n) is 10.4. The van der Waals surface area contributed by atoms with Gasteiger partial charge in [-0.3, -0.25) is 4.57 Å². The van der Waals surface area contributed by atoms with E-state index in [2.05, 4.69) is 18.9 Å². The van der Waals surface area contributed by atoms with E-state index in [9.17, 15) is 4.57 Å². The Hall–Kier alpha value is -0.880. The van der Waals surface area contributed by atoms with Crippen molar-refractivity contribution in [1.29, 1.82) is 0 Å². The maximum atomic E-state index is 13.7. The normalized spacial score (nSPS) is 13.3. The van der Waals surface area contributed by atoms with Crippen LogP contribution in [0.25, 0.3) is 5.65 Å². The van der Waals surface area contributed by atoms with Gasteiger partial charge in [-0.2, -0.15) is 5.10 Å². The van der Waals surface area contributed by atoms with E-state index in [4.69, 9.17) is 14.0 Å². The van der Waals surface area contributed by atoms with E-state index in [-0.39, 0.29) is 0 Å². The van der Waals surface area contributed by atoms with E-state index >= 15 is 0 Å². The molecule has 0 saturated heterocycles. The second-order valence-electron chi connectivity index (χ2n) is 6.68. The van der Waals surface area contributed by atoms with Crippen LogP contribution in [-0.2, 0) is 20.0 Å². The summed E-state index contributed by atoms with van der Waals surface area (Å²) < 4.78 is 27.0. The molecule has 0 aliphatic rings. The molecule has 0 aliphatic heterocycles. The first-order chi connectivity index (χ1) is 13.6. The van der Waals surface area contributed by atoms with Gasteiger partial charge in [-0.25, -0.2) is 9.50 Å². The second kappa shape index (κ2) is 12.0. The molecule has 0 radical (unpaired) electrons. The Morgan fingerprint density at radius 1 is 1.11 bits per heavy atom. The molecular formula is C20H34N3O3PS. The van der Waals surface area contributed by atoms with Gasteiger partial charge in [-0.05, 0) is 44.9 Å². The first-order valence-corrected chi connectivity index (χ1v) is 13.1. The van der Waals surface area contributed by atoms with Gasteiger partial charge in [0, 0.05) is 11.8 Å². The number of unbranched alkanes of at least 4 members (excludes halogenated alkanes) is 3. The van der Waals surface area contributed by atoms with Gasteiger partial charge >= 0.3 is 7.60 Å². The lowest BCUT2D eigenvalue weighted by Gasteiger charge is -2.26. The highest BCUT2D eigenvalue weighted by Gasteiger charge is 2.39. The van der Waals surface area contributed by atoms with Crippen molar-refractivity contribution < 1.29 is 13.6 Å². The van der Waals surface area contributed by atoms with E-state index in [1.807, 2.05) is 26.0 Å². The van der Waals surface area contributed by atoms with Gasteiger partial charge in [0.15, 0.2) is 5.65 Å². The first kappa shape index (κ1) is 23.4. The maximum absolute atomic E-state index is 13.7. The minimum Gasteiger partial charge on any atom is -0.308 e. The van der Waals surface area contributed by atoms with Crippen molar-refractivity contribution in [1.82, 2.24) is 14.6 Å². The topological polar surface area (TPSA) is 65.7 Å². The zero-order chi connectivity index (χ0) is 20.4. The number of thioether (sulfide) groups is 1. The van der Waals surface area contributed by atoms with Crippen molar-refractivity contribution in [3.8, 4) is 0 Å². The van der Waals surface area contributed by atoms with Gasteiger partial charge in [0.1, 0.15) is 4.99 Å². The number of hydrogen-bond acceptors (Lipinski definition) is 6. The third kappa shape index (κ3) is 6.06. The molecule has 0 saturated carbocycles. The lowest BCUT2D eigenvalue weighted by Crippen LogP contribution is -2.11. The fraction of sp³-hybridized carbons (Fsp3) is 0.700. The van der Waals surface area contributed by atoms with Crippen LogP contribution < -0.4 is 0 Å². The summed E-state index contributed by atoms with van der Waals surface area (Å²) in [5, 5.41) is 4.45. The quantitative estimate of drug-likeness (QED) is 0.262. The molecule has 2 aromatic rings. The lowest BCUT2D eigenvalue weighted by molar-refractivity contribution is 0.218. The van der Waals surface area contributed by atoms with Crippen molar-refractivity contribution in [3.05, 3.63) is 29.7 Å². The molecule has 8 heteroatoms. The van der Waals surface area contributed by atoms with Crippen molar-refractivity contribution in [2.24, 2.45) is 0 Å². The zero-order valence-electron chi connectivity index (χ0n) is 17.6. The Morgan fingerprint density at radius 3 is 2.46 bits per heavy atom. The van der Waals surface area contributed by atoms with Gasteiger partial charge in [0.25, 0.3) is 0 Å². The summed E-state index contributed by atoms with van der Waals surface area (Å²) in [6.45, 7) is 8.76. The number of rotatable bonds is 14. The van der Waals surface area contributed by atoms with Crippen molar-refractivity contribution in [2.75, 3.05) is 19.0 Å². The van der Waals surface area contributed by atoms with Crippen LogP contribution in [0.3, 0.4) is 0 Å². The molecule has 0 bridgehead atoms. The van der Waals surface area contributed by atoms with Crippen molar-refractivity contribution in [2.45, 2.75) is 71.2 Å². The molecule has 2 heterocycles. The third-order valence-corrected chi connectivity index (χ3v) is 8.79. The molecule has 2 rings (SSSR count). The number of hydrogen-bond donors (Lipinski definition) is 0. The van der Waals surface area contributed by atoms with Crippen molar-refractivity contribution >= 4 is 25.0 Å². The summed E-state index contributed by atoms with van der Waals surface area (Å²) in [5.41, 5.74) is 2.64. The Morgan fingerprint density at radius 2 is 1.82 bits per heavy atom. The molecule has 1 unspecified atom stereocenters. The number of nitrogens with zero attached hydrogens (tertiary/aromatic N) is 3. The van der Waals surface area contributed by atoms with E-state index in [1.54, 1.807) is 22.5 Å². The minimum absolute atomic E-state index is 0.347. The van der Waals surface area contributed by atoms with Gasteiger partial charge in [-0.1, -0.05) is 33.1 Å². The minimum atomic E-state index is -3.35. The van der Waals surface area contributed by atoms with Crippen LogP contribution >= 0.6 is 19.4 Å².